The van der Waals surface area contributed by atoms with Crippen molar-refractivity contribution in [2.24, 2.45) is 5.14 Å². The van der Waals surface area contributed by atoms with Crippen LogP contribution in [0.5, 0.6) is 5.75 Å². The zero-order chi connectivity index (χ0) is 13.2. The lowest BCUT2D eigenvalue weighted by molar-refractivity contribution is 0.361. The van der Waals surface area contributed by atoms with Crippen LogP contribution in [0.25, 0.3) is 0 Å². The maximum Gasteiger partial charge on any atom is 0.238 e. The highest BCUT2D eigenvalue weighted by Crippen LogP contribution is 2.35. The van der Waals surface area contributed by atoms with E-state index in [2.05, 4.69) is 22.5 Å². The average Bonchev–Trinajstić information content (AvgIpc) is 2.14. The Balaban J connectivity index is 3.15. The summed E-state index contributed by atoms with van der Waals surface area (Å²) in [5, 5.41) is 5.09. The summed E-state index contributed by atoms with van der Waals surface area (Å²) in [5.74, 6) is 0.182. The van der Waals surface area contributed by atoms with Crippen LogP contribution >= 0.6 is 39.1 Å². The van der Waals surface area contributed by atoms with Gasteiger partial charge >= 0.3 is 0 Å². The summed E-state index contributed by atoms with van der Waals surface area (Å²) in [5.41, 5.74) is 0. The third-order valence-electron chi connectivity index (χ3n) is 1.67. The molecule has 1 aromatic rings. The van der Waals surface area contributed by atoms with Gasteiger partial charge in [0.2, 0.25) is 10.0 Å². The number of benzene rings is 1. The number of nitrogens with two attached hydrogens (primary N) is 1. The highest BCUT2D eigenvalue weighted by Gasteiger charge is 2.15. The standard InChI is InChI=1S/C9H8BrCl2NO3S/c1-5(10)4-16-9-7(11)2-6(3-8(9)12)17(13,14)15/h2-3H,1,4H2,(H2,13,14,15). The number of halogens is 3. The first-order valence-electron chi connectivity index (χ1n) is 4.19. The maximum absolute atomic E-state index is 11.1. The molecule has 4 nitrogen and oxygen atoms in total. The van der Waals surface area contributed by atoms with Gasteiger partial charge in [-0.05, 0) is 12.1 Å². The van der Waals surface area contributed by atoms with Crippen LogP contribution in [0, 0.1) is 0 Å². The molecular weight excluding hydrogens is 353 g/mol. The van der Waals surface area contributed by atoms with Crippen LogP contribution < -0.4 is 9.88 Å². The monoisotopic (exact) mass is 359 g/mol. The normalized spacial score (nSPS) is 11.3. The van der Waals surface area contributed by atoms with Crippen LogP contribution in [-0.4, -0.2) is 15.0 Å². The Kier molecular flexibility index (Phi) is 4.86. The minimum atomic E-state index is -3.85. The summed E-state index contributed by atoms with van der Waals surface area (Å²) < 4.78 is 28.1. The molecule has 0 bridgehead atoms. The van der Waals surface area contributed by atoms with Gasteiger partial charge in [0, 0.05) is 4.48 Å². The van der Waals surface area contributed by atoms with Crippen LogP contribution in [0.4, 0.5) is 0 Å². The van der Waals surface area contributed by atoms with Crippen molar-refractivity contribution in [2.45, 2.75) is 4.90 Å². The molecule has 0 atom stereocenters. The number of ether oxygens (including phenoxy) is 1. The predicted molar refractivity (Wildman–Crippen MR) is 71.4 cm³/mol. The van der Waals surface area contributed by atoms with Gasteiger partial charge in [-0.3, -0.25) is 0 Å². The second-order valence-electron chi connectivity index (χ2n) is 3.07. The first kappa shape index (κ1) is 14.8. The molecule has 0 heterocycles. The van der Waals surface area contributed by atoms with E-state index in [1.165, 1.54) is 12.1 Å². The fourth-order valence-corrected chi connectivity index (χ4v) is 2.39. The smallest absolute Gasteiger partial charge is 0.238 e. The summed E-state index contributed by atoms with van der Waals surface area (Å²) in [6.45, 7) is 3.74. The number of hydrogen-bond acceptors (Lipinski definition) is 3. The van der Waals surface area contributed by atoms with Gasteiger partial charge in [0.15, 0.2) is 5.75 Å². The second kappa shape index (κ2) is 5.58. The van der Waals surface area contributed by atoms with Crippen molar-refractivity contribution in [1.82, 2.24) is 0 Å². The van der Waals surface area contributed by atoms with Gasteiger partial charge < -0.3 is 4.74 Å². The Morgan fingerprint density at radius 3 is 2.24 bits per heavy atom. The highest BCUT2D eigenvalue weighted by molar-refractivity contribution is 9.11. The van der Waals surface area contributed by atoms with E-state index >= 15 is 0 Å². The quantitative estimate of drug-likeness (QED) is 0.897. The third kappa shape index (κ3) is 4.15. The van der Waals surface area contributed by atoms with Gasteiger partial charge in [0.25, 0.3) is 0 Å². The molecule has 17 heavy (non-hydrogen) atoms. The van der Waals surface area contributed by atoms with E-state index in [9.17, 15) is 8.42 Å². The lowest BCUT2D eigenvalue weighted by Gasteiger charge is -2.10. The zero-order valence-corrected chi connectivity index (χ0v) is 12.3. The molecule has 2 N–H and O–H groups in total. The molecule has 0 spiro atoms. The highest BCUT2D eigenvalue weighted by atomic mass is 79.9. The van der Waals surface area contributed by atoms with Crippen LogP contribution in [0.1, 0.15) is 0 Å². The van der Waals surface area contributed by atoms with Crippen molar-refractivity contribution in [2.75, 3.05) is 6.61 Å². The van der Waals surface area contributed by atoms with E-state index in [1.54, 1.807) is 0 Å². The molecule has 0 aromatic heterocycles. The molecule has 0 amide bonds. The molecule has 0 saturated carbocycles. The zero-order valence-electron chi connectivity index (χ0n) is 8.41. The Bertz CT molecular complexity index is 536. The van der Waals surface area contributed by atoms with E-state index in [0.29, 0.717) is 4.48 Å². The number of primary sulfonamides is 1. The molecule has 0 saturated heterocycles. The molecule has 0 radical (unpaired) electrons. The van der Waals surface area contributed by atoms with Crippen LogP contribution in [0.2, 0.25) is 10.0 Å². The van der Waals surface area contributed by atoms with Gasteiger partial charge in [0.05, 0.1) is 14.9 Å². The Morgan fingerprint density at radius 2 is 1.88 bits per heavy atom. The fraction of sp³-hybridized carbons (Fsp3) is 0.111. The lowest BCUT2D eigenvalue weighted by Crippen LogP contribution is -2.12. The van der Waals surface area contributed by atoms with E-state index in [0.717, 1.165) is 0 Å². The SMILES string of the molecule is C=C(Br)COc1c(Cl)cc(S(N)(=O)=O)cc1Cl. The Morgan fingerprint density at radius 1 is 1.41 bits per heavy atom. The first-order chi connectivity index (χ1) is 7.71. The summed E-state index contributed by atoms with van der Waals surface area (Å²) in [7, 11) is -3.85. The number of hydrogen-bond donors (Lipinski definition) is 1. The minimum absolute atomic E-state index is 0.0651. The topological polar surface area (TPSA) is 69.4 Å². The van der Waals surface area contributed by atoms with Gasteiger partial charge in [-0.2, -0.15) is 0 Å². The average molecular weight is 361 g/mol. The van der Waals surface area contributed by atoms with Crippen molar-refractivity contribution in [1.29, 1.82) is 0 Å². The van der Waals surface area contributed by atoms with E-state index in [1.807, 2.05) is 0 Å². The van der Waals surface area contributed by atoms with Crippen molar-refractivity contribution in [3.63, 3.8) is 0 Å². The molecule has 0 aliphatic rings. The fourth-order valence-electron chi connectivity index (χ4n) is 0.989. The minimum Gasteiger partial charge on any atom is -0.485 e. The molecule has 94 valence electrons. The summed E-state index contributed by atoms with van der Waals surface area (Å²) in [4.78, 5) is -0.169. The van der Waals surface area contributed by atoms with Crippen molar-refractivity contribution in [3.8, 4) is 5.75 Å². The van der Waals surface area contributed by atoms with Crippen LogP contribution in [-0.2, 0) is 10.0 Å². The number of rotatable bonds is 4. The largest absolute Gasteiger partial charge is 0.485 e. The molecule has 0 aliphatic heterocycles. The van der Waals surface area contributed by atoms with Gasteiger partial charge in [-0.1, -0.05) is 45.7 Å². The molecule has 8 heteroatoms. The first-order valence-corrected chi connectivity index (χ1v) is 7.29. The maximum atomic E-state index is 11.1. The summed E-state index contributed by atoms with van der Waals surface area (Å²) in [6, 6.07) is 2.35. The van der Waals surface area contributed by atoms with E-state index in [-0.39, 0.29) is 27.3 Å². The molecular formula is C9H8BrCl2NO3S. The van der Waals surface area contributed by atoms with Crippen LogP contribution in [0.3, 0.4) is 0 Å². The van der Waals surface area contributed by atoms with Crippen LogP contribution in [0.15, 0.2) is 28.1 Å². The van der Waals surface area contributed by atoms with Crippen molar-refractivity contribution in [3.05, 3.63) is 33.2 Å². The third-order valence-corrected chi connectivity index (χ3v) is 3.36. The lowest BCUT2D eigenvalue weighted by atomic mass is 10.3. The van der Waals surface area contributed by atoms with Crippen molar-refractivity contribution < 1.29 is 13.2 Å². The second-order valence-corrected chi connectivity index (χ2v) is 6.56. The van der Waals surface area contributed by atoms with Crippen molar-refractivity contribution >= 4 is 49.2 Å². The molecule has 1 aromatic carbocycles. The summed E-state index contributed by atoms with van der Waals surface area (Å²) >= 11 is 14.8. The van der Waals surface area contributed by atoms with Gasteiger partial charge in [0.1, 0.15) is 6.61 Å². The van der Waals surface area contributed by atoms with Gasteiger partial charge in [-0.25, -0.2) is 13.6 Å². The Labute approximate surface area is 118 Å². The molecule has 0 aliphatic carbocycles. The van der Waals surface area contributed by atoms with Gasteiger partial charge in [-0.15, -0.1) is 0 Å². The Hall–Kier alpha value is -0.270. The molecule has 0 fully saturated rings. The predicted octanol–water partition coefficient (Wildman–Crippen LogP) is 2.93. The molecule has 0 unspecified atom stereocenters. The molecule has 1 rings (SSSR count). The summed E-state index contributed by atoms with van der Waals surface area (Å²) in [6.07, 6.45) is 0. The van der Waals surface area contributed by atoms with E-state index < -0.39 is 10.0 Å². The van der Waals surface area contributed by atoms with E-state index in [4.69, 9.17) is 33.1 Å². The number of sulfonamides is 1.